The number of nitrogens with one attached hydrogen (secondary N) is 1. The molecule has 0 radical (unpaired) electrons. The molecule has 4 nitrogen and oxygen atoms in total. The van der Waals surface area contributed by atoms with E-state index in [1.807, 2.05) is 61.6 Å². The summed E-state index contributed by atoms with van der Waals surface area (Å²) in [4.78, 5) is 17.5. The summed E-state index contributed by atoms with van der Waals surface area (Å²) < 4.78 is 15.2. The van der Waals surface area contributed by atoms with Crippen LogP contribution in [0.2, 0.25) is 0 Å². The first-order chi connectivity index (χ1) is 13.6. The SMILES string of the molecule is Cn1c(CC(NC(=O)c2ccc(F)cc2)c2ccccc2)nc2ccccc21. The largest absolute Gasteiger partial charge is 0.345 e. The van der Waals surface area contributed by atoms with Crippen molar-refractivity contribution in [2.75, 3.05) is 0 Å². The second-order valence-corrected chi connectivity index (χ2v) is 6.72. The minimum atomic E-state index is -0.365. The third kappa shape index (κ3) is 3.64. The van der Waals surface area contributed by atoms with E-state index in [1.54, 1.807) is 0 Å². The highest BCUT2D eigenvalue weighted by atomic mass is 19.1. The Hall–Kier alpha value is -3.47. The van der Waals surface area contributed by atoms with Gasteiger partial charge >= 0.3 is 0 Å². The van der Waals surface area contributed by atoms with Crippen molar-refractivity contribution in [3.8, 4) is 0 Å². The number of hydrogen-bond donors (Lipinski definition) is 1. The molecule has 0 aliphatic carbocycles. The molecule has 0 fully saturated rings. The lowest BCUT2D eigenvalue weighted by Gasteiger charge is -2.19. The van der Waals surface area contributed by atoms with Crippen LogP contribution < -0.4 is 5.32 Å². The highest BCUT2D eigenvalue weighted by Crippen LogP contribution is 2.22. The number of rotatable bonds is 5. The highest BCUT2D eigenvalue weighted by molar-refractivity contribution is 5.94. The third-order valence-electron chi connectivity index (χ3n) is 4.88. The van der Waals surface area contributed by atoms with Crippen LogP contribution in [0.15, 0.2) is 78.9 Å². The number of aromatic nitrogens is 2. The van der Waals surface area contributed by atoms with Crippen molar-refractivity contribution < 1.29 is 9.18 Å². The number of benzene rings is 3. The van der Waals surface area contributed by atoms with Crippen LogP contribution in [0.25, 0.3) is 11.0 Å². The number of fused-ring (bicyclic) bond motifs is 1. The maximum Gasteiger partial charge on any atom is 0.251 e. The zero-order chi connectivity index (χ0) is 19.5. The van der Waals surface area contributed by atoms with E-state index in [0.717, 1.165) is 22.4 Å². The fraction of sp³-hybridized carbons (Fsp3) is 0.130. The molecule has 140 valence electrons. The van der Waals surface area contributed by atoms with Crippen molar-refractivity contribution in [2.24, 2.45) is 7.05 Å². The topological polar surface area (TPSA) is 46.9 Å². The Balaban J connectivity index is 1.64. The number of para-hydroxylation sites is 2. The molecular formula is C23H20FN3O. The van der Waals surface area contributed by atoms with Gasteiger partial charge < -0.3 is 9.88 Å². The number of amides is 1. The quantitative estimate of drug-likeness (QED) is 0.563. The summed E-state index contributed by atoms with van der Waals surface area (Å²) in [5.41, 5.74) is 3.39. The predicted octanol–water partition coefficient (Wildman–Crippen LogP) is 4.43. The summed E-state index contributed by atoms with van der Waals surface area (Å²) in [7, 11) is 1.98. The second-order valence-electron chi connectivity index (χ2n) is 6.72. The maximum absolute atomic E-state index is 13.2. The van der Waals surface area contributed by atoms with Crippen molar-refractivity contribution in [3.05, 3.63) is 102 Å². The number of imidazole rings is 1. The minimum Gasteiger partial charge on any atom is -0.345 e. The molecule has 4 aromatic rings. The summed E-state index contributed by atoms with van der Waals surface area (Å²) in [6.45, 7) is 0. The molecule has 4 rings (SSSR count). The van der Waals surface area contributed by atoms with Crippen molar-refractivity contribution in [2.45, 2.75) is 12.5 Å². The Labute approximate surface area is 162 Å². The molecule has 0 spiro atoms. The van der Waals surface area contributed by atoms with E-state index in [4.69, 9.17) is 4.98 Å². The van der Waals surface area contributed by atoms with Gasteiger partial charge in [0.05, 0.1) is 17.1 Å². The Morgan fingerprint density at radius 3 is 2.39 bits per heavy atom. The molecule has 0 aliphatic heterocycles. The van der Waals surface area contributed by atoms with Crippen LogP contribution in [-0.2, 0) is 13.5 Å². The summed E-state index contributed by atoms with van der Waals surface area (Å²) in [5.74, 6) is 0.276. The summed E-state index contributed by atoms with van der Waals surface area (Å²) in [5, 5.41) is 3.07. The zero-order valence-corrected chi connectivity index (χ0v) is 15.5. The van der Waals surface area contributed by atoms with Crippen molar-refractivity contribution in [1.29, 1.82) is 0 Å². The molecule has 0 bridgehead atoms. The van der Waals surface area contributed by atoms with E-state index >= 15 is 0 Å². The minimum absolute atomic E-state index is 0.243. The molecule has 1 N–H and O–H groups in total. The maximum atomic E-state index is 13.2. The van der Waals surface area contributed by atoms with Gasteiger partial charge in [-0.1, -0.05) is 42.5 Å². The van der Waals surface area contributed by atoms with Crippen molar-refractivity contribution in [1.82, 2.24) is 14.9 Å². The number of halogens is 1. The fourth-order valence-corrected chi connectivity index (χ4v) is 3.34. The van der Waals surface area contributed by atoms with Gasteiger partial charge in [-0.2, -0.15) is 0 Å². The molecule has 0 saturated carbocycles. The molecule has 0 aliphatic rings. The normalized spacial score (nSPS) is 12.1. The molecule has 0 saturated heterocycles. The highest BCUT2D eigenvalue weighted by Gasteiger charge is 2.19. The second kappa shape index (κ2) is 7.64. The van der Waals surface area contributed by atoms with Gasteiger partial charge in [0.2, 0.25) is 0 Å². The molecule has 1 atom stereocenters. The smallest absolute Gasteiger partial charge is 0.251 e. The van der Waals surface area contributed by atoms with Crippen molar-refractivity contribution in [3.63, 3.8) is 0 Å². The van der Waals surface area contributed by atoms with Crippen LogP contribution in [0.4, 0.5) is 4.39 Å². The predicted molar refractivity (Wildman–Crippen MR) is 107 cm³/mol. The van der Waals surface area contributed by atoms with Gasteiger partial charge in [-0.05, 0) is 42.0 Å². The van der Waals surface area contributed by atoms with E-state index in [2.05, 4.69) is 9.88 Å². The first kappa shape index (κ1) is 17.9. The number of hydrogen-bond acceptors (Lipinski definition) is 2. The Morgan fingerprint density at radius 1 is 1.00 bits per heavy atom. The molecule has 5 heteroatoms. The number of aryl methyl sites for hydroxylation is 1. The molecule has 1 heterocycles. The van der Waals surface area contributed by atoms with E-state index in [-0.39, 0.29) is 17.8 Å². The Morgan fingerprint density at radius 2 is 1.68 bits per heavy atom. The van der Waals surface area contributed by atoms with E-state index in [0.29, 0.717) is 12.0 Å². The molecule has 1 aromatic heterocycles. The molecule has 3 aromatic carbocycles. The van der Waals surface area contributed by atoms with Gasteiger partial charge in [0.15, 0.2) is 0 Å². The van der Waals surface area contributed by atoms with Crippen LogP contribution in [0.1, 0.15) is 27.8 Å². The van der Waals surface area contributed by atoms with Gasteiger partial charge in [0.25, 0.3) is 5.91 Å². The molecule has 1 amide bonds. The summed E-state index contributed by atoms with van der Waals surface area (Å²) >= 11 is 0. The van der Waals surface area contributed by atoms with Crippen molar-refractivity contribution >= 4 is 16.9 Å². The zero-order valence-electron chi connectivity index (χ0n) is 15.5. The lowest BCUT2D eigenvalue weighted by molar-refractivity contribution is 0.0936. The Kier molecular flexibility index (Phi) is 4.89. The van der Waals surface area contributed by atoms with Crippen LogP contribution in [-0.4, -0.2) is 15.5 Å². The van der Waals surface area contributed by atoms with Gasteiger partial charge in [0, 0.05) is 19.0 Å². The van der Waals surface area contributed by atoms with E-state index in [1.165, 1.54) is 24.3 Å². The number of nitrogens with zero attached hydrogens (tertiary/aromatic N) is 2. The molecule has 1 unspecified atom stereocenters. The van der Waals surface area contributed by atoms with E-state index < -0.39 is 0 Å². The average Bonchev–Trinajstić information content (AvgIpc) is 3.04. The van der Waals surface area contributed by atoms with Crippen LogP contribution >= 0.6 is 0 Å². The monoisotopic (exact) mass is 373 g/mol. The van der Waals surface area contributed by atoms with Gasteiger partial charge in [-0.15, -0.1) is 0 Å². The lowest BCUT2D eigenvalue weighted by Crippen LogP contribution is -2.30. The van der Waals surface area contributed by atoms with Crippen LogP contribution in [0, 0.1) is 5.82 Å². The van der Waals surface area contributed by atoms with Crippen LogP contribution in [0.5, 0.6) is 0 Å². The number of carbonyl (C=O) groups excluding carboxylic acids is 1. The molecular weight excluding hydrogens is 353 g/mol. The van der Waals surface area contributed by atoms with Crippen LogP contribution in [0.3, 0.4) is 0 Å². The first-order valence-corrected chi connectivity index (χ1v) is 9.13. The average molecular weight is 373 g/mol. The fourth-order valence-electron chi connectivity index (χ4n) is 3.34. The first-order valence-electron chi connectivity index (χ1n) is 9.13. The summed E-state index contributed by atoms with van der Waals surface area (Å²) in [6.07, 6.45) is 0.544. The standard InChI is InChI=1S/C23H20FN3O/c1-27-21-10-6-5-9-19(21)25-22(27)15-20(16-7-3-2-4-8-16)26-23(28)17-11-13-18(24)14-12-17/h2-14,20H,15H2,1H3,(H,26,28). The summed E-state index contributed by atoms with van der Waals surface area (Å²) in [6, 6.07) is 23.1. The Bertz CT molecular complexity index is 1100. The third-order valence-corrected chi connectivity index (χ3v) is 4.88. The van der Waals surface area contributed by atoms with Gasteiger partial charge in [-0.3, -0.25) is 4.79 Å². The molecule has 28 heavy (non-hydrogen) atoms. The number of carbonyl (C=O) groups is 1. The van der Waals surface area contributed by atoms with E-state index in [9.17, 15) is 9.18 Å². The van der Waals surface area contributed by atoms with Gasteiger partial charge in [0.1, 0.15) is 11.6 Å². The lowest BCUT2D eigenvalue weighted by atomic mass is 10.0. The van der Waals surface area contributed by atoms with Gasteiger partial charge in [-0.25, -0.2) is 9.37 Å².